The van der Waals surface area contributed by atoms with Gasteiger partial charge in [-0.3, -0.25) is 5.01 Å². The minimum Gasteiger partial charge on any atom is -0.301 e. The van der Waals surface area contributed by atoms with Gasteiger partial charge in [-0.2, -0.15) is 17.7 Å². The fourth-order valence-corrected chi connectivity index (χ4v) is 2.86. The number of carbonyl (C=O) groups is 1. The second-order valence-electron chi connectivity index (χ2n) is 4.04. The molecule has 0 saturated carbocycles. The highest BCUT2D eigenvalue weighted by atomic mass is 35.5. The van der Waals surface area contributed by atoms with Crippen LogP contribution >= 0.6 is 35.9 Å². The Morgan fingerprint density at radius 2 is 2.00 bits per heavy atom. The summed E-state index contributed by atoms with van der Waals surface area (Å²) in [5.74, 6) is 0. The number of benzene rings is 1. The number of aldehydes is 1. The van der Waals surface area contributed by atoms with Crippen LogP contribution < -0.4 is 5.01 Å². The maximum absolute atomic E-state index is 13.1. The van der Waals surface area contributed by atoms with Crippen molar-refractivity contribution in [3.05, 3.63) is 29.4 Å². The molecule has 112 valence electrons. The monoisotopic (exact) mass is 349 g/mol. The number of halogens is 3. The first kappa shape index (κ1) is 16.1. The molecule has 0 unspecified atom stereocenters. The molecule has 2 aromatic rings. The van der Waals surface area contributed by atoms with Gasteiger partial charge >= 0.3 is 0 Å². The van der Waals surface area contributed by atoms with E-state index in [-0.39, 0.29) is 51.3 Å². The summed E-state index contributed by atoms with van der Waals surface area (Å²) in [7, 11) is 1.64. The average Bonchev–Trinajstić information content (AvgIpc) is 2.88. The highest BCUT2D eigenvalue weighted by molar-refractivity contribution is 7.95. The summed E-state index contributed by atoms with van der Waals surface area (Å²) >= 11 is 6.12. The molecule has 4 nitrogen and oxygen atoms in total. The molecular formula is C12H10ClF2N3OS2. The summed E-state index contributed by atoms with van der Waals surface area (Å²) in [6.07, 6.45) is 2.19. The van der Waals surface area contributed by atoms with E-state index in [0.717, 1.165) is 0 Å². The Morgan fingerprint density at radius 3 is 2.52 bits per heavy atom. The van der Waals surface area contributed by atoms with Gasteiger partial charge in [0, 0.05) is 12.6 Å². The third-order valence-corrected chi connectivity index (χ3v) is 4.03. The van der Waals surface area contributed by atoms with Crippen LogP contribution in [0, 0.1) is 0 Å². The maximum atomic E-state index is 13.1. The molecule has 1 aromatic carbocycles. The lowest BCUT2D eigenvalue weighted by Crippen LogP contribution is -2.32. The first-order chi connectivity index (χ1) is 10.1. The highest BCUT2D eigenvalue weighted by Crippen LogP contribution is 2.41. The molecule has 9 heteroatoms. The number of carbonyl (C=O) groups excluding carboxylic acids is 1. The van der Waals surface area contributed by atoms with Crippen LogP contribution in [0.25, 0.3) is 11.3 Å². The summed E-state index contributed by atoms with van der Waals surface area (Å²) in [5.41, 5.74) is 0.552. The zero-order chi connectivity index (χ0) is 15.4. The average molecular weight is 350 g/mol. The molecule has 0 atom stereocenters. The lowest BCUT2D eigenvalue weighted by Gasteiger charge is -2.15. The number of hydrogen-bond donors (Lipinski definition) is 0. The summed E-state index contributed by atoms with van der Waals surface area (Å²) in [5, 5.41) is 5.96. The van der Waals surface area contributed by atoms with Gasteiger partial charge < -0.3 is 4.79 Å². The molecule has 1 heterocycles. The Hall–Kier alpha value is -1.25. The van der Waals surface area contributed by atoms with Crippen LogP contribution in [0.15, 0.2) is 34.2 Å². The van der Waals surface area contributed by atoms with E-state index in [4.69, 9.17) is 11.6 Å². The van der Waals surface area contributed by atoms with Crippen molar-refractivity contribution in [2.24, 2.45) is 0 Å². The molecular weight excluding hydrogens is 340 g/mol. The summed E-state index contributed by atoms with van der Waals surface area (Å²) in [4.78, 5) is 12.3. The van der Waals surface area contributed by atoms with Gasteiger partial charge in [0.1, 0.15) is 12.0 Å². The second kappa shape index (κ2) is 7.15. The standard InChI is InChI=1S/C12H10ClF2N3OS2/c1-17(5-6-19)18-7-8(13)12(16-18)11-9(20-14)3-2-4-10(11)21-15/h2-4,6-7H,5H2,1H3. The molecule has 2 rings (SSSR count). The lowest BCUT2D eigenvalue weighted by molar-refractivity contribution is -0.106. The predicted octanol–water partition coefficient (Wildman–Crippen LogP) is 3.92. The molecule has 0 saturated heterocycles. The second-order valence-corrected chi connectivity index (χ2v) is 5.63. The van der Waals surface area contributed by atoms with Gasteiger partial charge in [0.25, 0.3) is 0 Å². The van der Waals surface area contributed by atoms with Crippen LogP contribution in [0.4, 0.5) is 7.77 Å². The number of rotatable bonds is 6. The molecule has 21 heavy (non-hydrogen) atoms. The molecule has 0 aliphatic rings. The van der Waals surface area contributed by atoms with E-state index in [0.29, 0.717) is 11.8 Å². The molecule has 0 radical (unpaired) electrons. The van der Waals surface area contributed by atoms with E-state index in [2.05, 4.69) is 5.10 Å². The van der Waals surface area contributed by atoms with E-state index >= 15 is 0 Å². The van der Waals surface area contributed by atoms with Crippen LogP contribution in [0.5, 0.6) is 0 Å². The van der Waals surface area contributed by atoms with Gasteiger partial charge in [0.05, 0.1) is 51.9 Å². The number of nitrogens with zero attached hydrogens (tertiary/aromatic N) is 3. The van der Waals surface area contributed by atoms with Crippen LogP contribution in [0.1, 0.15) is 0 Å². The van der Waals surface area contributed by atoms with Gasteiger partial charge in [-0.1, -0.05) is 17.7 Å². The van der Waals surface area contributed by atoms with Crippen molar-refractivity contribution in [1.29, 1.82) is 0 Å². The first-order valence-corrected chi connectivity index (χ1v) is 7.54. The van der Waals surface area contributed by atoms with Gasteiger partial charge in [0.2, 0.25) is 0 Å². The zero-order valence-corrected chi connectivity index (χ0v) is 13.2. The van der Waals surface area contributed by atoms with Gasteiger partial charge in [-0.25, -0.2) is 0 Å². The molecule has 0 fully saturated rings. The van der Waals surface area contributed by atoms with Gasteiger partial charge in [-0.05, 0) is 12.1 Å². The fourth-order valence-electron chi connectivity index (χ4n) is 1.75. The Bertz CT molecular complexity index is 631. The van der Waals surface area contributed by atoms with Crippen molar-refractivity contribution >= 4 is 42.2 Å². The number of aromatic nitrogens is 2. The van der Waals surface area contributed by atoms with Crippen LogP contribution in [0.3, 0.4) is 0 Å². The zero-order valence-electron chi connectivity index (χ0n) is 10.8. The van der Waals surface area contributed by atoms with Crippen molar-refractivity contribution in [1.82, 2.24) is 9.89 Å². The van der Waals surface area contributed by atoms with Gasteiger partial charge in [-0.15, -0.1) is 0 Å². The van der Waals surface area contributed by atoms with E-state index < -0.39 is 0 Å². The van der Waals surface area contributed by atoms with Crippen molar-refractivity contribution in [3.8, 4) is 11.3 Å². The van der Waals surface area contributed by atoms with E-state index in [9.17, 15) is 12.6 Å². The minimum absolute atomic E-state index is 0.00127. The molecule has 1 aromatic heterocycles. The van der Waals surface area contributed by atoms with Crippen molar-refractivity contribution < 1.29 is 12.6 Å². The maximum Gasteiger partial charge on any atom is 0.140 e. The third-order valence-electron chi connectivity index (χ3n) is 2.74. The topological polar surface area (TPSA) is 38.1 Å². The SMILES string of the molecule is CN(CC=O)n1cc(Cl)c(-c2c(SF)cccc2SF)n1. The smallest absolute Gasteiger partial charge is 0.140 e. The highest BCUT2D eigenvalue weighted by Gasteiger charge is 2.19. The van der Waals surface area contributed by atoms with Crippen molar-refractivity contribution in [3.63, 3.8) is 0 Å². The number of likely N-dealkylation sites (N-methyl/N-ethyl adjacent to an activating group) is 1. The molecule has 0 aliphatic carbocycles. The Balaban J connectivity index is 2.54. The summed E-state index contributed by atoms with van der Waals surface area (Å²) < 4.78 is 26.1. The van der Waals surface area contributed by atoms with Crippen molar-refractivity contribution in [2.75, 3.05) is 18.6 Å². The summed E-state index contributed by atoms with van der Waals surface area (Å²) in [6.45, 7) is 0.113. The molecule has 0 amide bonds. The van der Waals surface area contributed by atoms with Crippen LogP contribution in [-0.2, 0) is 4.79 Å². The van der Waals surface area contributed by atoms with Crippen LogP contribution in [0.2, 0.25) is 5.02 Å². The van der Waals surface area contributed by atoms with Crippen molar-refractivity contribution in [2.45, 2.75) is 9.79 Å². The third kappa shape index (κ3) is 3.33. The number of hydrogen-bond acceptors (Lipinski definition) is 5. The van der Waals surface area contributed by atoms with Crippen LogP contribution in [-0.4, -0.2) is 29.8 Å². The summed E-state index contributed by atoms with van der Waals surface area (Å²) in [6, 6.07) is 4.59. The lowest BCUT2D eigenvalue weighted by atomic mass is 10.1. The Labute approximate surface area is 134 Å². The minimum atomic E-state index is -0.00127. The van der Waals surface area contributed by atoms with E-state index in [1.54, 1.807) is 13.1 Å². The normalized spacial score (nSPS) is 10.7. The first-order valence-electron chi connectivity index (χ1n) is 5.73. The van der Waals surface area contributed by atoms with E-state index in [1.165, 1.54) is 28.1 Å². The molecule has 0 aliphatic heterocycles. The quantitative estimate of drug-likeness (QED) is 0.739. The Kier molecular flexibility index (Phi) is 5.49. The largest absolute Gasteiger partial charge is 0.301 e. The Morgan fingerprint density at radius 1 is 1.38 bits per heavy atom. The molecule has 0 spiro atoms. The van der Waals surface area contributed by atoms with Gasteiger partial charge in [0.15, 0.2) is 0 Å². The fraction of sp³-hybridized carbons (Fsp3) is 0.167. The molecule has 0 bridgehead atoms. The van der Waals surface area contributed by atoms with E-state index in [1.807, 2.05) is 0 Å². The molecule has 0 N–H and O–H groups in total. The predicted molar refractivity (Wildman–Crippen MR) is 81.7 cm³/mol.